The van der Waals surface area contributed by atoms with Crippen LogP contribution in [0.2, 0.25) is 10.0 Å². The quantitative estimate of drug-likeness (QED) is 0.782. The van der Waals surface area contributed by atoms with E-state index in [0.29, 0.717) is 17.1 Å². The zero-order chi connectivity index (χ0) is 14.5. The summed E-state index contributed by atoms with van der Waals surface area (Å²) >= 11 is 11.7. The van der Waals surface area contributed by atoms with Crippen molar-refractivity contribution in [3.8, 4) is 0 Å². The molecule has 20 heavy (non-hydrogen) atoms. The SMILES string of the molecule is CCC(NCc1cccc(Cl)c1F)c1ccc(Cl)cc1. The van der Waals surface area contributed by atoms with Crippen LogP contribution < -0.4 is 5.32 Å². The van der Waals surface area contributed by atoms with Gasteiger partial charge in [-0.15, -0.1) is 0 Å². The highest BCUT2D eigenvalue weighted by Gasteiger charge is 2.11. The summed E-state index contributed by atoms with van der Waals surface area (Å²) in [5, 5.41) is 4.22. The molecular formula is C16H16Cl2FN. The predicted molar refractivity (Wildman–Crippen MR) is 82.7 cm³/mol. The van der Waals surface area contributed by atoms with Gasteiger partial charge in [0.25, 0.3) is 0 Å². The molecule has 1 unspecified atom stereocenters. The first-order valence-corrected chi connectivity index (χ1v) is 7.29. The Bertz CT molecular complexity index is 569. The van der Waals surface area contributed by atoms with Crippen molar-refractivity contribution >= 4 is 23.2 Å². The summed E-state index contributed by atoms with van der Waals surface area (Å²) in [5.41, 5.74) is 1.71. The Balaban J connectivity index is 2.07. The first-order valence-electron chi connectivity index (χ1n) is 6.53. The van der Waals surface area contributed by atoms with Gasteiger partial charge >= 0.3 is 0 Å². The fraction of sp³-hybridized carbons (Fsp3) is 0.250. The van der Waals surface area contributed by atoms with Gasteiger partial charge in [0.15, 0.2) is 0 Å². The monoisotopic (exact) mass is 311 g/mol. The summed E-state index contributed by atoms with van der Waals surface area (Å²) in [7, 11) is 0. The van der Waals surface area contributed by atoms with Gasteiger partial charge in [-0.1, -0.05) is 54.4 Å². The minimum atomic E-state index is -0.354. The molecule has 0 aromatic heterocycles. The Kier molecular flexibility index (Phi) is 5.41. The molecule has 0 aliphatic carbocycles. The fourth-order valence-corrected chi connectivity index (χ4v) is 2.43. The van der Waals surface area contributed by atoms with Crippen molar-refractivity contribution in [1.29, 1.82) is 0 Å². The molecule has 1 N–H and O–H groups in total. The van der Waals surface area contributed by atoms with Crippen LogP contribution in [-0.4, -0.2) is 0 Å². The van der Waals surface area contributed by atoms with E-state index in [-0.39, 0.29) is 16.9 Å². The maximum Gasteiger partial charge on any atom is 0.146 e. The van der Waals surface area contributed by atoms with Crippen molar-refractivity contribution in [3.05, 3.63) is 69.5 Å². The van der Waals surface area contributed by atoms with Crippen LogP contribution in [0.3, 0.4) is 0 Å². The summed E-state index contributed by atoms with van der Waals surface area (Å²) in [4.78, 5) is 0. The van der Waals surface area contributed by atoms with E-state index in [4.69, 9.17) is 23.2 Å². The zero-order valence-corrected chi connectivity index (χ0v) is 12.7. The Morgan fingerprint density at radius 1 is 1.10 bits per heavy atom. The van der Waals surface area contributed by atoms with Crippen LogP contribution in [0.1, 0.15) is 30.5 Å². The van der Waals surface area contributed by atoms with Crippen LogP contribution in [0.5, 0.6) is 0 Å². The van der Waals surface area contributed by atoms with Crippen molar-refractivity contribution in [1.82, 2.24) is 5.32 Å². The van der Waals surface area contributed by atoms with Gasteiger partial charge in [-0.05, 0) is 30.2 Å². The van der Waals surface area contributed by atoms with Gasteiger partial charge in [0, 0.05) is 23.2 Å². The first-order chi connectivity index (χ1) is 9.61. The van der Waals surface area contributed by atoms with Crippen LogP contribution in [0.15, 0.2) is 42.5 Å². The lowest BCUT2D eigenvalue weighted by Gasteiger charge is -2.18. The molecule has 0 saturated heterocycles. The third-order valence-electron chi connectivity index (χ3n) is 3.25. The summed E-state index contributed by atoms with van der Waals surface area (Å²) < 4.78 is 13.8. The van der Waals surface area contributed by atoms with Gasteiger partial charge in [-0.25, -0.2) is 4.39 Å². The van der Waals surface area contributed by atoms with Gasteiger partial charge < -0.3 is 5.32 Å². The number of hydrogen-bond donors (Lipinski definition) is 1. The van der Waals surface area contributed by atoms with E-state index >= 15 is 0 Å². The number of rotatable bonds is 5. The van der Waals surface area contributed by atoms with Crippen molar-refractivity contribution in [3.63, 3.8) is 0 Å². The third-order valence-corrected chi connectivity index (χ3v) is 3.79. The van der Waals surface area contributed by atoms with Crippen molar-refractivity contribution in [2.75, 3.05) is 0 Å². The van der Waals surface area contributed by atoms with Gasteiger partial charge in [-0.3, -0.25) is 0 Å². The highest BCUT2D eigenvalue weighted by atomic mass is 35.5. The molecule has 0 amide bonds. The van der Waals surface area contributed by atoms with E-state index in [2.05, 4.69) is 12.2 Å². The van der Waals surface area contributed by atoms with E-state index in [1.54, 1.807) is 18.2 Å². The highest BCUT2D eigenvalue weighted by Crippen LogP contribution is 2.22. The number of nitrogens with one attached hydrogen (secondary N) is 1. The summed E-state index contributed by atoms with van der Waals surface area (Å²) in [6.45, 7) is 2.52. The second kappa shape index (κ2) is 7.07. The zero-order valence-electron chi connectivity index (χ0n) is 11.2. The molecule has 0 saturated carbocycles. The van der Waals surface area contributed by atoms with Gasteiger partial charge in [0.1, 0.15) is 5.82 Å². The standard InChI is InChI=1S/C16H16Cl2FN/c1-2-15(11-6-8-13(17)9-7-11)20-10-12-4-3-5-14(18)16(12)19/h3-9,15,20H,2,10H2,1H3. The third kappa shape index (κ3) is 3.72. The van der Waals surface area contributed by atoms with Crippen LogP contribution in [-0.2, 0) is 6.54 Å². The molecule has 2 aromatic rings. The average molecular weight is 312 g/mol. The summed E-state index contributed by atoms with van der Waals surface area (Å²) in [6.07, 6.45) is 0.907. The Morgan fingerprint density at radius 3 is 2.45 bits per heavy atom. The Labute approximate surface area is 128 Å². The molecule has 0 aliphatic rings. The molecule has 0 fully saturated rings. The van der Waals surface area contributed by atoms with E-state index < -0.39 is 0 Å². The first kappa shape index (κ1) is 15.3. The summed E-state index contributed by atoms with van der Waals surface area (Å²) in [5.74, 6) is -0.354. The van der Waals surface area contributed by atoms with Crippen molar-refractivity contribution < 1.29 is 4.39 Å². The predicted octanol–water partition coefficient (Wildman–Crippen LogP) is 5.37. The molecule has 0 spiro atoms. The maximum atomic E-state index is 13.8. The lowest BCUT2D eigenvalue weighted by atomic mass is 10.0. The minimum Gasteiger partial charge on any atom is -0.306 e. The van der Waals surface area contributed by atoms with Crippen molar-refractivity contribution in [2.24, 2.45) is 0 Å². The molecule has 2 aromatic carbocycles. The maximum absolute atomic E-state index is 13.8. The Hall–Kier alpha value is -1.09. The topological polar surface area (TPSA) is 12.0 Å². The van der Waals surface area contributed by atoms with Crippen LogP contribution >= 0.6 is 23.2 Å². The second-order valence-electron chi connectivity index (χ2n) is 4.61. The molecule has 106 valence electrons. The normalized spacial score (nSPS) is 12.4. The van der Waals surface area contributed by atoms with Gasteiger partial charge in [0.2, 0.25) is 0 Å². The van der Waals surface area contributed by atoms with Crippen LogP contribution in [0.25, 0.3) is 0 Å². The fourth-order valence-electron chi connectivity index (χ4n) is 2.11. The molecule has 2 rings (SSSR count). The largest absolute Gasteiger partial charge is 0.306 e. The Morgan fingerprint density at radius 2 is 1.80 bits per heavy atom. The second-order valence-corrected chi connectivity index (χ2v) is 5.45. The van der Waals surface area contributed by atoms with E-state index in [1.165, 1.54) is 0 Å². The average Bonchev–Trinajstić information content (AvgIpc) is 2.45. The van der Waals surface area contributed by atoms with E-state index in [0.717, 1.165) is 12.0 Å². The minimum absolute atomic E-state index is 0.156. The molecule has 0 aliphatic heterocycles. The number of benzene rings is 2. The lowest BCUT2D eigenvalue weighted by molar-refractivity contribution is 0.504. The van der Waals surface area contributed by atoms with E-state index in [9.17, 15) is 4.39 Å². The number of halogens is 3. The van der Waals surface area contributed by atoms with Gasteiger partial charge in [-0.2, -0.15) is 0 Å². The molecular weight excluding hydrogens is 296 g/mol. The molecule has 1 atom stereocenters. The lowest BCUT2D eigenvalue weighted by Crippen LogP contribution is -2.20. The van der Waals surface area contributed by atoms with Crippen LogP contribution in [0, 0.1) is 5.82 Å². The molecule has 0 bridgehead atoms. The number of hydrogen-bond acceptors (Lipinski definition) is 1. The highest BCUT2D eigenvalue weighted by molar-refractivity contribution is 6.31. The smallest absolute Gasteiger partial charge is 0.146 e. The van der Waals surface area contributed by atoms with Crippen molar-refractivity contribution in [2.45, 2.75) is 25.9 Å². The van der Waals surface area contributed by atoms with E-state index in [1.807, 2.05) is 24.3 Å². The molecule has 0 radical (unpaired) electrons. The molecule has 4 heteroatoms. The molecule has 1 nitrogen and oxygen atoms in total. The van der Waals surface area contributed by atoms with Crippen LogP contribution in [0.4, 0.5) is 4.39 Å². The summed E-state index contributed by atoms with van der Waals surface area (Å²) in [6, 6.07) is 12.9. The van der Waals surface area contributed by atoms with Gasteiger partial charge in [0.05, 0.1) is 5.02 Å². The molecule has 0 heterocycles.